The van der Waals surface area contributed by atoms with Crippen molar-refractivity contribution in [1.82, 2.24) is 34.9 Å². The molecular weight excluding hydrogens is 1580 g/mol. The van der Waals surface area contributed by atoms with Crippen LogP contribution < -0.4 is 30.5 Å². The van der Waals surface area contributed by atoms with Crippen molar-refractivity contribution in [2.24, 2.45) is 0 Å². The van der Waals surface area contributed by atoms with Crippen LogP contribution in [-0.2, 0) is 60.1 Å². The molecule has 4 aromatic heterocycles. The van der Waals surface area contributed by atoms with Gasteiger partial charge in [0.15, 0.2) is 8.07 Å². The second-order valence-electron chi connectivity index (χ2n) is 42.0. The summed E-state index contributed by atoms with van der Waals surface area (Å²) in [5.74, 6) is 0.963. The van der Waals surface area contributed by atoms with Crippen molar-refractivity contribution < 1.29 is 16.8 Å². The van der Waals surface area contributed by atoms with Gasteiger partial charge in [-0.05, 0) is 204 Å². The van der Waals surface area contributed by atoms with Crippen molar-refractivity contribution in [3.63, 3.8) is 0 Å². The average molecular weight is 1700 g/mol. The van der Waals surface area contributed by atoms with Gasteiger partial charge in [0.2, 0.25) is 0 Å². The van der Waals surface area contributed by atoms with Gasteiger partial charge in [0.1, 0.15) is 0 Å². The maximum atomic E-state index is 8.13. The van der Waals surface area contributed by atoms with E-state index in [2.05, 4.69) is 402 Å². The van der Waals surface area contributed by atoms with E-state index < -0.39 is 8.07 Å². The third-order valence-electron chi connectivity index (χ3n) is 24.7. The molecule has 1 aliphatic rings. The third-order valence-corrected chi connectivity index (χ3v) is 28.6. The molecule has 0 saturated heterocycles. The molecule has 0 atom stereocenters. The first-order valence-electron chi connectivity index (χ1n) is 43.9. The molecule has 0 unspecified atom stereocenters. The Hall–Kier alpha value is -11.8. The Bertz CT molecular complexity index is 6510. The SMILES string of the molecule is CC(C)(C)c1ccc(C2=C(c3ccc(C(C)(C)C)cc3)c3nc2nc2[n-]c(nc4[n-]c(c(-c5ccc(C(C)(C)C)cc5)c4-c4ccc(C(C)(C)C)cc4)c4[n-]c(n3)c(-c3ccc(C(C)(C)C)cc3)c4-c3ccc(C(C)(C)C)cc3)c(-c3ccc(C(C)(C)C)cc3)c2-c2ccc(C(C)(C)C)cc2)cc1.[C-]#C[Si](c1ccccc1)(c1ccccc1)c1ccccc1.[Co]. The third kappa shape index (κ3) is 18.3. The maximum Gasteiger partial charge on any atom is 0.185 e. The Labute approximate surface area is 755 Å². The van der Waals surface area contributed by atoms with Crippen LogP contribution in [0.5, 0.6) is 0 Å². The van der Waals surface area contributed by atoms with E-state index in [4.69, 9.17) is 41.3 Å². The van der Waals surface area contributed by atoms with Crippen LogP contribution in [0.3, 0.4) is 0 Å². The van der Waals surface area contributed by atoms with Gasteiger partial charge in [-0.25, -0.2) is 4.98 Å². The van der Waals surface area contributed by atoms with Gasteiger partial charge in [0, 0.05) is 39.1 Å². The van der Waals surface area contributed by atoms with E-state index in [1.165, 1.54) is 60.1 Å². The summed E-state index contributed by atoms with van der Waals surface area (Å²) in [7, 11) is -2.48. The Morgan fingerprint density at radius 3 is 0.616 bits per heavy atom. The maximum absolute atomic E-state index is 8.13. The first-order chi connectivity index (χ1) is 58.5. The number of rotatable bonds is 11. The molecule has 8 bridgehead atoms. The molecule has 635 valence electrons. The second kappa shape index (κ2) is 33.9. The second-order valence-corrected chi connectivity index (χ2v) is 45.5. The monoisotopic (exact) mass is 1700 g/mol. The Morgan fingerprint density at radius 2 is 0.400 bits per heavy atom. The van der Waals surface area contributed by atoms with Gasteiger partial charge in [-0.2, -0.15) is 0 Å². The van der Waals surface area contributed by atoms with Crippen LogP contribution in [0.25, 0.3) is 112 Å². The van der Waals surface area contributed by atoms with E-state index in [0.29, 0.717) is 45.3 Å². The van der Waals surface area contributed by atoms with E-state index >= 15 is 0 Å². The van der Waals surface area contributed by atoms with Crippen LogP contribution in [0.15, 0.2) is 285 Å². The van der Waals surface area contributed by atoms with E-state index in [1.54, 1.807) is 0 Å². The summed E-state index contributed by atoms with van der Waals surface area (Å²) in [6.45, 7) is 54.4. The van der Waals surface area contributed by atoms with Crippen LogP contribution in [0, 0.1) is 12.0 Å². The minimum Gasteiger partial charge on any atom is -0.700 e. The summed E-state index contributed by atoms with van der Waals surface area (Å²) in [5.41, 5.74) is 29.7. The zero-order valence-corrected chi connectivity index (χ0v) is 79.6. The minimum atomic E-state index is -2.48. The van der Waals surface area contributed by atoms with Gasteiger partial charge < -0.3 is 41.9 Å². The van der Waals surface area contributed by atoms with E-state index in [9.17, 15) is 0 Å². The molecule has 0 amide bonds. The average Bonchev–Trinajstić information content (AvgIpc) is 1.57. The largest absolute Gasteiger partial charge is 0.700 e. The zero-order valence-electron chi connectivity index (χ0n) is 77.6. The van der Waals surface area contributed by atoms with Gasteiger partial charge in [-0.1, -0.05) is 451 Å². The predicted octanol–water partition coefficient (Wildman–Crippen LogP) is 27.3. The summed E-state index contributed by atoms with van der Waals surface area (Å²) in [4.78, 5) is 41.9. The fourth-order valence-electron chi connectivity index (χ4n) is 17.0. The van der Waals surface area contributed by atoms with Gasteiger partial charge >= 0.3 is 0 Å². The van der Waals surface area contributed by atoms with Crippen molar-refractivity contribution in [3.8, 4) is 72.3 Å². The molecule has 15 aromatic rings. The molecule has 125 heavy (non-hydrogen) atoms. The molecule has 7 nitrogen and oxygen atoms in total. The van der Waals surface area contributed by atoms with E-state index in [1.807, 2.05) is 54.6 Å². The minimum absolute atomic E-state index is 0. The molecule has 5 heterocycles. The fraction of sp³-hybridized carbons (Fsp3) is 0.276. The molecule has 0 saturated carbocycles. The first-order valence-corrected chi connectivity index (χ1v) is 45.9. The summed E-state index contributed by atoms with van der Waals surface area (Å²) in [6, 6.07) is 103. The van der Waals surface area contributed by atoms with Crippen LogP contribution in [0.4, 0.5) is 0 Å². The number of aromatic nitrogens is 7. The summed E-state index contributed by atoms with van der Waals surface area (Å²) >= 11 is 0. The van der Waals surface area contributed by atoms with E-state index in [0.717, 1.165) is 89.0 Å². The van der Waals surface area contributed by atoms with Crippen LogP contribution in [-0.4, -0.2) is 28.0 Å². The standard InChI is InChI=1S/C96H104N7.C20H15Si.Co/c1-89(2,3)65-41-25-57(26-42-65)73-75(59-29-45-67(46-30-59)91(7,8)9)83-97-81(73)82-74(58-27-43-66(44-28-58)90(4,5)6)76(60-31-47-68(48-32-60)92(10,11)12)84(98-82)100-86-78(62-35-51-70(52-36-62)94(16,17)18)80(64-39-55-72(56-40-64)96(22,23)24)88(102-86)103-87-79(63-37-53-71(54-38-63)95(19,20)21)77(85(99-83)101-87)61-33-49-69(50-34-61)93(13,14)15;1-2-21(18-12-6-3-7-13-18,19-14-8-4-9-15-19)20-16-10-5-11-17-20;/h25-56H,1-24H3;3-17H;/q-3;-1;. The van der Waals surface area contributed by atoms with Gasteiger partial charge in [-0.15, -0.1) is 0 Å². The van der Waals surface area contributed by atoms with Crippen molar-refractivity contribution in [2.45, 2.75) is 209 Å². The fourth-order valence-corrected chi connectivity index (χ4v) is 20.5. The predicted molar refractivity (Wildman–Crippen MR) is 528 cm³/mol. The topological polar surface area (TPSA) is 93.9 Å². The van der Waals surface area contributed by atoms with Crippen LogP contribution in [0.1, 0.15) is 233 Å². The molecular formula is C116H119CoN7Si-4. The van der Waals surface area contributed by atoms with Crippen molar-refractivity contribution in [1.29, 1.82) is 0 Å². The normalized spacial score (nSPS) is 12.9. The number of benzene rings is 11. The van der Waals surface area contributed by atoms with Gasteiger partial charge in [-0.3, -0.25) is 0 Å². The van der Waals surface area contributed by atoms with Crippen LogP contribution >= 0.6 is 0 Å². The zero-order chi connectivity index (χ0) is 88.6. The summed E-state index contributed by atoms with van der Waals surface area (Å²) < 4.78 is 0. The number of hydrogen-bond acceptors (Lipinski definition) is 4. The molecule has 0 fully saturated rings. The summed E-state index contributed by atoms with van der Waals surface area (Å²) in [5, 5.41) is 3.58. The Morgan fingerprint density at radius 1 is 0.216 bits per heavy atom. The molecule has 1 radical (unpaired) electrons. The molecule has 0 spiro atoms. The van der Waals surface area contributed by atoms with Crippen molar-refractivity contribution in [3.05, 3.63) is 359 Å². The quantitative estimate of drug-likeness (QED) is 0.0551. The summed E-state index contributed by atoms with van der Waals surface area (Å²) in [6.07, 6.45) is 8.13. The van der Waals surface area contributed by atoms with Crippen molar-refractivity contribution in [2.75, 3.05) is 0 Å². The molecule has 16 rings (SSSR count). The Balaban J connectivity index is 0.000000501. The molecule has 11 aromatic carbocycles. The molecule has 0 N–H and O–H groups in total. The number of hydrogen-bond donors (Lipinski definition) is 0. The number of fused-ring (bicyclic) bond motifs is 9. The van der Waals surface area contributed by atoms with E-state index in [-0.39, 0.29) is 60.1 Å². The Kier molecular flexibility index (Phi) is 24.3. The number of nitrogens with zero attached hydrogens (tertiary/aromatic N) is 7. The molecule has 1 aliphatic heterocycles. The molecule has 0 aliphatic carbocycles. The first kappa shape index (κ1) is 89.5. The van der Waals surface area contributed by atoms with Gasteiger partial charge in [0.05, 0.1) is 11.6 Å². The smallest absolute Gasteiger partial charge is 0.185 e. The van der Waals surface area contributed by atoms with Crippen molar-refractivity contribution >= 4 is 68.4 Å². The van der Waals surface area contributed by atoms with Gasteiger partial charge in [0.25, 0.3) is 0 Å². The molecule has 9 heteroatoms. The van der Waals surface area contributed by atoms with Crippen LogP contribution in [0.2, 0.25) is 0 Å².